The van der Waals surface area contributed by atoms with E-state index in [1.165, 1.54) is 0 Å². The van der Waals surface area contributed by atoms with Gasteiger partial charge in [0.1, 0.15) is 11.8 Å². The van der Waals surface area contributed by atoms with Crippen molar-refractivity contribution >= 4 is 17.6 Å². The van der Waals surface area contributed by atoms with Gasteiger partial charge in [0, 0.05) is 0 Å². The van der Waals surface area contributed by atoms with E-state index in [0.29, 0.717) is 0 Å². The summed E-state index contributed by atoms with van der Waals surface area (Å²) in [6.07, 6.45) is -3.18. The number of nitrogens with zero attached hydrogens (tertiary/aromatic N) is 2. The fraction of sp³-hybridized carbons (Fsp3) is 0.364. The summed E-state index contributed by atoms with van der Waals surface area (Å²) >= 11 is 5.79. The minimum atomic E-state index is -2.84. The molecule has 1 aromatic rings. The number of esters is 1. The number of carbonyl (C=O) groups excluding carboxylic acids is 1. The fourth-order valence-corrected chi connectivity index (χ4v) is 1.47. The second-order valence-corrected chi connectivity index (χ2v) is 3.63. The van der Waals surface area contributed by atoms with Crippen LogP contribution < -0.4 is 0 Å². The first-order valence-electron chi connectivity index (χ1n) is 5.02. The first-order chi connectivity index (χ1) is 8.49. The Bertz CT molecular complexity index is 501. The van der Waals surface area contributed by atoms with E-state index in [1.54, 1.807) is 13.0 Å². The summed E-state index contributed by atoms with van der Waals surface area (Å²) in [7, 11) is 0. The maximum absolute atomic E-state index is 12.5. The van der Waals surface area contributed by atoms with Crippen LogP contribution in [-0.2, 0) is 16.0 Å². The lowest BCUT2D eigenvalue weighted by Gasteiger charge is -2.07. The normalized spacial score (nSPS) is 10.2. The maximum atomic E-state index is 12.5. The second-order valence-electron chi connectivity index (χ2n) is 3.25. The van der Waals surface area contributed by atoms with E-state index >= 15 is 0 Å². The lowest BCUT2D eigenvalue weighted by Crippen LogP contribution is -2.11. The third kappa shape index (κ3) is 3.37. The van der Waals surface area contributed by atoms with Crippen LogP contribution in [0.5, 0.6) is 0 Å². The van der Waals surface area contributed by atoms with Gasteiger partial charge in [0.05, 0.1) is 29.3 Å². The fourth-order valence-electron chi connectivity index (χ4n) is 1.26. The van der Waals surface area contributed by atoms with Gasteiger partial charge in [-0.25, -0.2) is 13.8 Å². The molecule has 0 amide bonds. The Morgan fingerprint density at radius 3 is 2.83 bits per heavy atom. The molecule has 1 heterocycles. The number of hydrogen-bond donors (Lipinski definition) is 0. The highest BCUT2D eigenvalue weighted by Crippen LogP contribution is 2.25. The Morgan fingerprint density at radius 1 is 1.67 bits per heavy atom. The summed E-state index contributed by atoms with van der Waals surface area (Å²) in [5.41, 5.74) is -0.805. The van der Waals surface area contributed by atoms with Gasteiger partial charge in [-0.1, -0.05) is 11.6 Å². The van der Waals surface area contributed by atoms with Crippen molar-refractivity contribution in [2.45, 2.75) is 19.8 Å². The summed E-state index contributed by atoms with van der Waals surface area (Å²) in [5, 5.41) is 8.66. The molecule has 7 heteroatoms. The predicted octanol–water partition coefficient (Wildman–Crippen LogP) is 2.65. The molecule has 1 rings (SSSR count). The van der Waals surface area contributed by atoms with Gasteiger partial charge < -0.3 is 4.74 Å². The van der Waals surface area contributed by atoms with Gasteiger partial charge in [0.15, 0.2) is 0 Å². The zero-order valence-electron chi connectivity index (χ0n) is 9.41. The Morgan fingerprint density at radius 2 is 2.33 bits per heavy atom. The lowest BCUT2D eigenvalue weighted by atomic mass is 10.1. The zero-order chi connectivity index (χ0) is 13.7. The van der Waals surface area contributed by atoms with Crippen molar-refractivity contribution < 1.29 is 18.3 Å². The van der Waals surface area contributed by atoms with Crippen molar-refractivity contribution in [3.63, 3.8) is 0 Å². The van der Waals surface area contributed by atoms with Crippen LogP contribution in [0.1, 0.15) is 30.3 Å². The summed E-state index contributed by atoms with van der Waals surface area (Å²) in [6, 6.07) is 2.58. The Labute approximate surface area is 107 Å². The predicted molar refractivity (Wildman–Crippen MR) is 59.3 cm³/mol. The Kier molecular flexibility index (Phi) is 4.98. The van der Waals surface area contributed by atoms with Gasteiger partial charge in [-0.05, 0) is 13.0 Å². The van der Waals surface area contributed by atoms with Gasteiger partial charge in [0.2, 0.25) is 0 Å². The van der Waals surface area contributed by atoms with E-state index in [1.807, 2.05) is 0 Å². The van der Waals surface area contributed by atoms with Crippen molar-refractivity contribution in [2.75, 3.05) is 6.61 Å². The summed E-state index contributed by atoms with van der Waals surface area (Å²) in [4.78, 5) is 14.8. The highest BCUT2D eigenvalue weighted by Gasteiger charge is 2.18. The van der Waals surface area contributed by atoms with Crippen molar-refractivity contribution in [3.05, 3.63) is 28.0 Å². The van der Waals surface area contributed by atoms with Crippen LogP contribution in [0.3, 0.4) is 0 Å². The molecule has 0 saturated carbocycles. The van der Waals surface area contributed by atoms with Gasteiger partial charge in [0.25, 0.3) is 6.43 Å². The third-order valence-electron chi connectivity index (χ3n) is 2.01. The van der Waals surface area contributed by atoms with Crippen molar-refractivity contribution in [3.8, 4) is 6.07 Å². The maximum Gasteiger partial charge on any atom is 0.311 e. The molecule has 1 aromatic heterocycles. The first-order valence-corrected chi connectivity index (χ1v) is 5.40. The smallest absolute Gasteiger partial charge is 0.311 e. The van der Waals surface area contributed by atoms with E-state index in [-0.39, 0.29) is 29.3 Å². The molecule has 0 spiro atoms. The molecule has 0 radical (unpaired) electrons. The largest absolute Gasteiger partial charge is 0.466 e. The zero-order valence-corrected chi connectivity index (χ0v) is 10.2. The van der Waals surface area contributed by atoms with E-state index in [4.69, 9.17) is 16.9 Å². The van der Waals surface area contributed by atoms with Crippen LogP contribution in [-0.4, -0.2) is 17.6 Å². The standard InChI is InChI=1S/C11H9ClF2N2O2/c1-2-18-9(17)4-7-10(12)6(5-15)3-8(16-7)11(13)14/h3,11H,2,4H2,1H3. The Hall–Kier alpha value is -1.74. The minimum absolute atomic E-state index is 0.0792. The molecule has 0 aromatic carbocycles. The average molecular weight is 275 g/mol. The van der Waals surface area contributed by atoms with E-state index in [0.717, 1.165) is 6.07 Å². The number of hydrogen-bond acceptors (Lipinski definition) is 4. The molecule has 96 valence electrons. The highest BCUT2D eigenvalue weighted by molar-refractivity contribution is 6.32. The van der Waals surface area contributed by atoms with Crippen molar-refractivity contribution in [2.24, 2.45) is 0 Å². The molecule has 0 atom stereocenters. The number of nitriles is 1. The van der Waals surface area contributed by atoms with Crippen LogP contribution >= 0.6 is 11.6 Å². The number of rotatable bonds is 4. The number of pyridine rings is 1. The number of halogens is 3. The molecule has 0 fully saturated rings. The molecule has 0 unspecified atom stereocenters. The first kappa shape index (κ1) is 14.3. The SMILES string of the molecule is CCOC(=O)Cc1nc(C(F)F)cc(C#N)c1Cl. The second kappa shape index (κ2) is 6.26. The molecular weight excluding hydrogens is 266 g/mol. The topological polar surface area (TPSA) is 63.0 Å². The monoisotopic (exact) mass is 274 g/mol. The van der Waals surface area contributed by atoms with E-state index in [2.05, 4.69) is 9.72 Å². The minimum Gasteiger partial charge on any atom is -0.466 e. The lowest BCUT2D eigenvalue weighted by molar-refractivity contribution is -0.142. The van der Waals surface area contributed by atoms with Gasteiger partial charge in [-0.2, -0.15) is 5.26 Å². The molecule has 0 aliphatic carbocycles. The van der Waals surface area contributed by atoms with Crippen molar-refractivity contribution in [1.82, 2.24) is 4.98 Å². The van der Waals surface area contributed by atoms with E-state index in [9.17, 15) is 13.6 Å². The molecule has 0 aliphatic heterocycles. The molecular formula is C11H9ClF2N2O2. The molecule has 0 bridgehead atoms. The van der Waals surface area contributed by atoms with Gasteiger partial charge >= 0.3 is 5.97 Å². The summed E-state index contributed by atoms with van der Waals surface area (Å²) < 4.78 is 29.8. The molecule has 18 heavy (non-hydrogen) atoms. The van der Waals surface area contributed by atoms with Crippen LogP contribution in [0.2, 0.25) is 5.02 Å². The Balaban J connectivity index is 3.14. The van der Waals surface area contributed by atoms with Gasteiger partial charge in [-0.15, -0.1) is 0 Å². The highest BCUT2D eigenvalue weighted by atomic mass is 35.5. The van der Waals surface area contributed by atoms with E-state index < -0.39 is 18.1 Å². The van der Waals surface area contributed by atoms with Crippen LogP contribution in [0.25, 0.3) is 0 Å². The molecule has 0 aliphatic rings. The molecule has 4 nitrogen and oxygen atoms in total. The third-order valence-corrected chi connectivity index (χ3v) is 2.43. The summed E-state index contributed by atoms with van der Waals surface area (Å²) in [6.45, 7) is 1.78. The van der Waals surface area contributed by atoms with Crippen LogP contribution in [0, 0.1) is 11.3 Å². The van der Waals surface area contributed by atoms with Gasteiger partial charge in [-0.3, -0.25) is 4.79 Å². The number of ether oxygens (including phenoxy) is 1. The number of aromatic nitrogens is 1. The number of alkyl halides is 2. The molecule has 0 saturated heterocycles. The quantitative estimate of drug-likeness (QED) is 0.792. The molecule has 0 N–H and O–H groups in total. The van der Waals surface area contributed by atoms with Crippen LogP contribution in [0.4, 0.5) is 8.78 Å². The summed E-state index contributed by atoms with van der Waals surface area (Å²) in [5.74, 6) is -0.637. The van der Waals surface area contributed by atoms with Crippen LogP contribution in [0.15, 0.2) is 6.07 Å². The van der Waals surface area contributed by atoms with Crippen molar-refractivity contribution in [1.29, 1.82) is 5.26 Å². The number of carbonyl (C=O) groups is 1. The average Bonchev–Trinajstić information content (AvgIpc) is 2.31.